The number of aryl methyl sites for hydroxylation is 1. The molecule has 2 aromatic heterocycles. The predicted octanol–water partition coefficient (Wildman–Crippen LogP) is 7.01. The summed E-state index contributed by atoms with van der Waals surface area (Å²) in [5.74, 6) is 0.490. The number of alkyl halides is 3. The van der Waals surface area contributed by atoms with E-state index in [0.717, 1.165) is 61.7 Å². The van der Waals surface area contributed by atoms with E-state index < -0.39 is 17.6 Å². The second-order valence-corrected chi connectivity index (χ2v) is 9.69. The zero-order valence-electron chi connectivity index (χ0n) is 23.8. The number of carbonyl (C=O) groups excluding carboxylic acids is 1. The van der Waals surface area contributed by atoms with Crippen LogP contribution in [0.2, 0.25) is 0 Å². The van der Waals surface area contributed by atoms with Gasteiger partial charge in [0.1, 0.15) is 5.82 Å². The summed E-state index contributed by atoms with van der Waals surface area (Å²) in [6.07, 6.45) is -0.111. The van der Waals surface area contributed by atoms with Gasteiger partial charge in [0.15, 0.2) is 0 Å². The average Bonchev–Trinajstić information content (AvgIpc) is 2.99. The third-order valence-corrected chi connectivity index (χ3v) is 6.76. The number of amides is 1. The zero-order valence-corrected chi connectivity index (χ0v) is 23.8. The van der Waals surface area contributed by atoms with Crippen molar-refractivity contribution in [2.24, 2.45) is 0 Å². The second-order valence-electron chi connectivity index (χ2n) is 9.69. The molecule has 0 fully saturated rings. The summed E-state index contributed by atoms with van der Waals surface area (Å²) in [5.41, 5.74) is 2.44. The molecule has 0 atom stereocenters. The molecule has 0 aliphatic rings. The van der Waals surface area contributed by atoms with Crippen molar-refractivity contribution in [3.63, 3.8) is 0 Å². The summed E-state index contributed by atoms with van der Waals surface area (Å²) in [6.45, 7) is 10.2. The Labute approximate surface area is 243 Å². The Kier molecular flexibility index (Phi) is 10.1. The Balaban J connectivity index is 1.40. The Bertz CT molecular complexity index is 1490. The molecule has 0 aliphatic heterocycles. The molecule has 3 N–H and O–H groups in total. The molecule has 0 bridgehead atoms. The summed E-state index contributed by atoms with van der Waals surface area (Å²) >= 11 is 0. The number of nitrogens with one attached hydrogen (secondary N) is 3. The fourth-order valence-electron chi connectivity index (χ4n) is 4.28. The smallest absolute Gasteiger partial charge is 0.370 e. The SMILES string of the molecule is CCN(CC)CCCNc1ccc(-c2ccnc(Nc3cc(NC(=O)c4cccc(C(F)(F)F)c4)ccc3C)n2)cn1. The number of anilines is 4. The zero-order chi connectivity index (χ0) is 30.1. The van der Waals surface area contributed by atoms with Gasteiger partial charge < -0.3 is 20.9 Å². The first-order valence-corrected chi connectivity index (χ1v) is 13.8. The van der Waals surface area contributed by atoms with Crippen molar-refractivity contribution >= 4 is 29.0 Å². The van der Waals surface area contributed by atoms with Crippen molar-refractivity contribution in [2.75, 3.05) is 42.1 Å². The molecular weight excluding hydrogens is 543 g/mol. The van der Waals surface area contributed by atoms with Crippen molar-refractivity contribution in [1.29, 1.82) is 0 Å². The molecule has 0 spiro atoms. The Hall–Kier alpha value is -4.51. The molecule has 42 heavy (non-hydrogen) atoms. The fourth-order valence-corrected chi connectivity index (χ4v) is 4.28. The van der Waals surface area contributed by atoms with Gasteiger partial charge in [0.25, 0.3) is 5.91 Å². The quantitative estimate of drug-likeness (QED) is 0.156. The Morgan fingerprint density at radius 2 is 1.79 bits per heavy atom. The second kappa shape index (κ2) is 13.9. The Morgan fingerprint density at radius 3 is 2.50 bits per heavy atom. The molecular formula is C31H34F3N7O. The van der Waals surface area contributed by atoms with E-state index >= 15 is 0 Å². The van der Waals surface area contributed by atoms with Crippen LogP contribution in [0, 0.1) is 6.92 Å². The van der Waals surface area contributed by atoms with Crippen LogP contribution in [0.4, 0.5) is 36.3 Å². The topological polar surface area (TPSA) is 95.1 Å². The van der Waals surface area contributed by atoms with Gasteiger partial charge in [-0.2, -0.15) is 13.2 Å². The molecule has 0 unspecified atom stereocenters. The lowest BCUT2D eigenvalue weighted by molar-refractivity contribution is -0.137. The van der Waals surface area contributed by atoms with Gasteiger partial charge >= 0.3 is 6.18 Å². The monoisotopic (exact) mass is 577 g/mol. The third-order valence-electron chi connectivity index (χ3n) is 6.76. The van der Waals surface area contributed by atoms with Gasteiger partial charge in [0.2, 0.25) is 5.95 Å². The lowest BCUT2D eigenvalue weighted by atomic mass is 10.1. The molecule has 0 radical (unpaired) electrons. The number of nitrogens with zero attached hydrogens (tertiary/aromatic N) is 4. The minimum atomic E-state index is -4.54. The summed E-state index contributed by atoms with van der Waals surface area (Å²) < 4.78 is 39.2. The van der Waals surface area contributed by atoms with Gasteiger partial charge in [-0.05, 0) is 87.1 Å². The average molecular weight is 578 g/mol. The van der Waals surface area contributed by atoms with Gasteiger partial charge in [-0.3, -0.25) is 4.79 Å². The van der Waals surface area contributed by atoms with E-state index in [1.165, 1.54) is 12.1 Å². The highest BCUT2D eigenvalue weighted by molar-refractivity contribution is 6.04. The van der Waals surface area contributed by atoms with Crippen molar-refractivity contribution in [3.8, 4) is 11.3 Å². The van der Waals surface area contributed by atoms with Gasteiger partial charge in [-0.15, -0.1) is 0 Å². The summed E-state index contributed by atoms with van der Waals surface area (Å²) in [4.78, 5) is 28.5. The third kappa shape index (κ3) is 8.26. The molecule has 4 rings (SSSR count). The van der Waals surface area contributed by atoms with Crippen LogP contribution in [-0.2, 0) is 6.18 Å². The number of halogens is 3. The van der Waals surface area contributed by atoms with Crippen molar-refractivity contribution in [2.45, 2.75) is 33.4 Å². The maximum Gasteiger partial charge on any atom is 0.416 e. The molecule has 220 valence electrons. The number of hydrogen-bond donors (Lipinski definition) is 3. The van der Waals surface area contributed by atoms with Crippen LogP contribution >= 0.6 is 0 Å². The fraction of sp³-hybridized carbons (Fsp3) is 0.290. The summed E-state index contributed by atoms with van der Waals surface area (Å²) in [5, 5.41) is 9.18. The first-order valence-electron chi connectivity index (χ1n) is 13.8. The summed E-state index contributed by atoms with van der Waals surface area (Å²) in [7, 11) is 0. The van der Waals surface area contributed by atoms with E-state index in [1.54, 1.807) is 36.7 Å². The van der Waals surface area contributed by atoms with E-state index in [9.17, 15) is 18.0 Å². The van der Waals surface area contributed by atoms with E-state index in [2.05, 4.69) is 49.6 Å². The van der Waals surface area contributed by atoms with E-state index in [4.69, 9.17) is 0 Å². The number of hydrogen-bond acceptors (Lipinski definition) is 7. The van der Waals surface area contributed by atoms with Crippen molar-refractivity contribution < 1.29 is 18.0 Å². The van der Waals surface area contributed by atoms with Crippen LogP contribution in [0.3, 0.4) is 0 Å². The van der Waals surface area contributed by atoms with Crippen LogP contribution < -0.4 is 16.0 Å². The first-order chi connectivity index (χ1) is 20.2. The van der Waals surface area contributed by atoms with Gasteiger partial charge in [0, 0.05) is 41.4 Å². The minimum absolute atomic E-state index is 0.0922. The van der Waals surface area contributed by atoms with Gasteiger partial charge in [0.05, 0.1) is 11.3 Å². The Morgan fingerprint density at radius 1 is 0.976 bits per heavy atom. The van der Waals surface area contributed by atoms with E-state index in [-0.39, 0.29) is 5.56 Å². The molecule has 1 amide bonds. The molecule has 0 saturated carbocycles. The van der Waals surface area contributed by atoms with Crippen molar-refractivity contribution in [1.82, 2.24) is 19.9 Å². The normalized spacial score (nSPS) is 11.4. The molecule has 0 aliphatic carbocycles. The standard InChI is InChI=1S/C31H34F3N7O/c1-4-41(5-2)17-7-15-35-28-13-11-23(20-37-28)26-14-16-36-30(39-26)40-27-19-25(12-10-21(27)3)38-29(42)22-8-6-9-24(18-22)31(32,33)34/h6,8-14,16,18-20H,4-5,7,15,17H2,1-3H3,(H,35,37)(H,38,42)(H,36,39,40). The van der Waals surface area contributed by atoms with Crippen molar-refractivity contribution in [3.05, 3.63) is 89.7 Å². The highest BCUT2D eigenvalue weighted by atomic mass is 19.4. The highest BCUT2D eigenvalue weighted by Crippen LogP contribution is 2.30. The molecule has 2 aromatic carbocycles. The highest BCUT2D eigenvalue weighted by Gasteiger charge is 2.30. The molecule has 11 heteroatoms. The van der Waals surface area contributed by atoms with Crippen LogP contribution in [0.5, 0.6) is 0 Å². The largest absolute Gasteiger partial charge is 0.416 e. The number of aromatic nitrogens is 3. The maximum atomic E-state index is 13.1. The van der Waals surface area contributed by atoms with Crippen LogP contribution in [0.1, 0.15) is 41.8 Å². The van der Waals surface area contributed by atoms with Crippen LogP contribution in [-0.4, -0.2) is 51.9 Å². The molecule has 4 aromatic rings. The van der Waals surface area contributed by atoms with E-state index in [0.29, 0.717) is 23.0 Å². The lowest BCUT2D eigenvalue weighted by Gasteiger charge is -2.17. The van der Waals surface area contributed by atoms with Crippen LogP contribution in [0.25, 0.3) is 11.3 Å². The maximum absolute atomic E-state index is 13.1. The number of rotatable bonds is 12. The number of carbonyl (C=O) groups is 1. The minimum Gasteiger partial charge on any atom is -0.370 e. The lowest BCUT2D eigenvalue weighted by Crippen LogP contribution is -2.25. The molecule has 2 heterocycles. The summed E-state index contributed by atoms with van der Waals surface area (Å²) in [6, 6.07) is 15.1. The number of pyridine rings is 1. The van der Waals surface area contributed by atoms with Gasteiger partial charge in [-0.25, -0.2) is 15.0 Å². The van der Waals surface area contributed by atoms with Crippen LogP contribution in [0.15, 0.2) is 73.1 Å². The molecule has 8 nitrogen and oxygen atoms in total. The first kappa shape index (κ1) is 30.4. The van der Waals surface area contributed by atoms with Gasteiger partial charge in [-0.1, -0.05) is 26.0 Å². The molecule has 0 saturated heterocycles. The van der Waals surface area contributed by atoms with E-state index in [1.807, 2.05) is 19.1 Å². The predicted molar refractivity (Wildman–Crippen MR) is 160 cm³/mol. The number of benzene rings is 2.